The number of rotatable bonds is 4. The van der Waals surface area contributed by atoms with Gasteiger partial charge in [0.1, 0.15) is 0 Å². The maximum absolute atomic E-state index is 11.8. The molecule has 2 rings (SSSR count). The van der Waals surface area contributed by atoms with E-state index < -0.39 is 0 Å². The van der Waals surface area contributed by atoms with E-state index in [1.165, 1.54) is 11.8 Å². The summed E-state index contributed by atoms with van der Waals surface area (Å²) in [6.07, 6.45) is 1.15. The van der Waals surface area contributed by atoms with Gasteiger partial charge in [0.25, 0.3) is 0 Å². The average molecular weight is 250 g/mol. The Bertz CT molecular complexity index is 460. The number of fused-ring (bicyclic) bond motifs is 1. The van der Waals surface area contributed by atoms with Gasteiger partial charge in [0.2, 0.25) is 5.91 Å². The van der Waals surface area contributed by atoms with E-state index in [9.17, 15) is 9.59 Å². The normalized spacial score (nSPS) is 14.1. The van der Waals surface area contributed by atoms with Crippen molar-refractivity contribution >= 4 is 29.1 Å². The van der Waals surface area contributed by atoms with Crippen LogP contribution in [0, 0.1) is 0 Å². The van der Waals surface area contributed by atoms with Crippen molar-refractivity contribution in [3.63, 3.8) is 0 Å². The minimum Gasteiger partial charge on any atom is -0.330 e. The fourth-order valence-corrected chi connectivity index (χ4v) is 2.45. The van der Waals surface area contributed by atoms with E-state index in [1.54, 1.807) is 6.07 Å². The highest BCUT2D eigenvalue weighted by molar-refractivity contribution is 8.00. The third-order valence-electron chi connectivity index (χ3n) is 2.54. The highest BCUT2D eigenvalue weighted by atomic mass is 32.2. The molecule has 0 unspecified atom stereocenters. The first-order chi connectivity index (χ1) is 8.20. The van der Waals surface area contributed by atoms with Crippen molar-refractivity contribution in [1.29, 1.82) is 0 Å². The molecule has 1 heterocycles. The highest BCUT2D eigenvalue weighted by Crippen LogP contribution is 2.32. The molecule has 1 aliphatic heterocycles. The van der Waals surface area contributed by atoms with Gasteiger partial charge in [-0.3, -0.25) is 9.59 Å². The smallest absolute Gasteiger partial charge is 0.234 e. The van der Waals surface area contributed by atoms with Crippen LogP contribution in [-0.4, -0.2) is 24.0 Å². The summed E-state index contributed by atoms with van der Waals surface area (Å²) < 4.78 is 0. The number of hydrogen-bond donors (Lipinski definition) is 2. The number of amides is 1. The Kier molecular flexibility index (Phi) is 3.81. The summed E-state index contributed by atoms with van der Waals surface area (Å²) in [6, 6.07) is 5.44. The number of thioether (sulfide) groups is 1. The van der Waals surface area contributed by atoms with Gasteiger partial charge in [-0.05, 0) is 25.1 Å². The lowest BCUT2D eigenvalue weighted by molar-refractivity contribution is -0.113. The maximum Gasteiger partial charge on any atom is 0.234 e. The van der Waals surface area contributed by atoms with E-state index in [-0.39, 0.29) is 11.7 Å². The topological polar surface area (TPSA) is 72.2 Å². The zero-order valence-electron chi connectivity index (χ0n) is 9.36. The third-order valence-corrected chi connectivity index (χ3v) is 3.62. The van der Waals surface area contributed by atoms with Gasteiger partial charge in [0.05, 0.1) is 11.4 Å². The van der Waals surface area contributed by atoms with Crippen molar-refractivity contribution in [2.45, 2.75) is 17.7 Å². The third kappa shape index (κ3) is 2.87. The molecule has 0 aromatic heterocycles. The molecule has 0 atom stereocenters. The monoisotopic (exact) mass is 250 g/mol. The van der Waals surface area contributed by atoms with E-state index in [2.05, 4.69) is 5.32 Å². The molecule has 1 amide bonds. The summed E-state index contributed by atoms with van der Waals surface area (Å²) in [5.41, 5.74) is 6.75. The molecule has 1 aromatic carbocycles. The van der Waals surface area contributed by atoms with Crippen LogP contribution in [0.5, 0.6) is 0 Å². The summed E-state index contributed by atoms with van der Waals surface area (Å²) in [6.45, 7) is 0.517. The Hall–Kier alpha value is -1.33. The number of ketones is 1. The molecule has 17 heavy (non-hydrogen) atoms. The van der Waals surface area contributed by atoms with E-state index in [1.807, 2.05) is 12.1 Å². The zero-order valence-corrected chi connectivity index (χ0v) is 10.2. The molecule has 90 valence electrons. The van der Waals surface area contributed by atoms with Crippen molar-refractivity contribution < 1.29 is 9.59 Å². The summed E-state index contributed by atoms with van der Waals surface area (Å²) in [5.74, 6) is 0.491. The number of anilines is 1. The van der Waals surface area contributed by atoms with E-state index in [0.29, 0.717) is 30.7 Å². The summed E-state index contributed by atoms with van der Waals surface area (Å²) in [7, 11) is 0. The SMILES string of the molecule is NCCCC(=O)c1ccc2c(c1)NC(=O)CS2. The molecule has 5 heteroatoms. The van der Waals surface area contributed by atoms with Crippen LogP contribution in [0.3, 0.4) is 0 Å². The number of hydrogen-bond acceptors (Lipinski definition) is 4. The Labute approximate surface area is 104 Å². The maximum atomic E-state index is 11.8. The Morgan fingerprint density at radius 1 is 1.47 bits per heavy atom. The van der Waals surface area contributed by atoms with Crippen molar-refractivity contribution in [3.8, 4) is 0 Å². The molecule has 0 saturated carbocycles. The Morgan fingerprint density at radius 2 is 2.29 bits per heavy atom. The predicted octanol–water partition coefficient (Wildman–Crippen LogP) is 1.65. The average Bonchev–Trinajstić information content (AvgIpc) is 2.35. The minimum atomic E-state index is -0.0194. The van der Waals surface area contributed by atoms with E-state index >= 15 is 0 Å². The van der Waals surface area contributed by atoms with Gasteiger partial charge >= 0.3 is 0 Å². The number of Topliss-reactive ketones (excluding diaryl/α,β-unsaturated/α-hetero) is 1. The summed E-state index contributed by atoms with van der Waals surface area (Å²) in [4.78, 5) is 24.1. The van der Waals surface area contributed by atoms with Crippen molar-refractivity contribution in [2.75, 3.05) is 17.6 Å². The first-order valence-corrected chi connectivity index (χ1v) is 6.49. The van der Waals surface area contributed by atoms with Crippen LogP contribution in [0.4, 0.5) is 5.69 Å². The summed E-state index contributed by atoms with van der Waals surface area (Å²) in [5, 5.41) is 2.77. The molecular formula is C12H14N2O2S. The lowest BCUT2D eigenvalue weighted by Crippen LogP contribution is -2.19. The lowest BCUT2D eigenvalue weighted by Gasteiger charge is -2.16. The number of carbonyl (C=O) groups excluding carboxylic acids is 2. The van der Waals surface area contributed by atoms with Gasteiger partial charge in [0, 0.05) is 16.9 Å². The van der Waals surface area contributed by atoms with Crippen LogP contribution >= 0.6 is 11.8 Å². The first kappa shape index (κ1) is 12.1. The van der Waals surface area contributed by atoms with Crippen molar-refractivity contribution in [1.82, 2.24) is 0 Å². The number of benzene rings is 1. The summed E-state index contributed by atoms with van der Waals surface area (Å²) >= 11 is 1.49. The fraction of sp³-hybridized carbons (Fsp3) is 0.333. The van der Waals surface area contributed by atoms with Crippen LogP contribution in [0.15, 0.2) is 23.1 Å². The molecule has 0 fully saturated rings. The van der Waals surface area contributed by atoms with E-state index in [4.69, 9.17) is 5.73 Å². The molecule has 0 spiro atoms. The second-order valence-electron chi connectivity index (χ2n) is 3.86. The largest absolute Gasteiger partial charge is 0.330 e. The van der Waals surface area contributed by atoms with Crippen molar-refractivity contribution in [3.05, 3.63) is 23.8 Å². The first-order valence-electron chi connectivity index (χ1n) is 5.50. The standard InChI is InChI=1S/C12H14N2O2S/c13-5-1-2-10(15)8-3-4-11-9(6-8)14-12(16)7-17-11/h3-4,6H,1-2,5,7,13H2,(H,14,16). The predicted molar refractivity (Wildman–Crippen MR) is 68.4 cm³/mol. The molecule has 1 aromatic rings. The molecule has 1 aliphatic rings. The molecule has 0 bridgehead atoms. The second kappa shape index (κ2) is 5.33. The fourth-order valence-electron chi connectivity index (χ4n) is 1.66. The van der Waals surface area contributed by atoms with Crippen LogP contribution < -0.4 is 11.1 Å². The Balaban J connectivity index is 2.18. The quantitative estimate of drug-likeness (QED) is 0.797. The van der Waals surface area contributed by atoms with Gasteiger partial charge in [-0.25, -0.2) is 0 Å². The number of nitrogens with two attached hydrogens (primary N) is 1. The molecule has 0 aliphatic carbocycles. The minimum absolute atomic E-state index is 0.0194. The zero-order chi connectivity index (χ0) is 12.3. The van der Waals surface area contributed by atoms with Gasteiger partial charge in [-0.1, -0.05) is 6.07 Å². The van der Waals surface area contributed by atoms with Crippen LogP contribution in [0.1, 0.15) is 23.2 Å². The van der Waals surface area contributed by atoms with E-state index in [0.717, 1.165) is 10.6 Å². The Morgan fingerprint density at radius 3 is 3.06 bits per heavy atom. The molecule has 0 radical (unpaired) electrons. The highest BCUT2D eigenvalue weighted by Gasteiger charge is 2.16. The number of nitrogens with one attached hydrogen (secondary N) is 1. The molecule has 4 nitrogen and oxygen atoms in total. The van der Waals surface area contributed by atoms with Gasteiger partial charge < -0.3 is 11.1 Å². The molecule has 3 N–H and O–H groups in total. The molecular weight excluding hydrogens is 236 g/mol. The van der Waals surface area contributed by atoms with Crippen LogP contribution in [-0.2, 0) is 4.79 Å². The van der Waals surface area contributed by atoms with Gasteiger partial charge in [-0.15, -0.1) is 11.8 Å². The second-order valence-corrected chi connectivity index (χ2v) is 4.88. The van der Waals surface area contributed by atoms with Gasteiger partial charge in [-0.2, -0.15) is 0 Å². The van der Waals surface area contributed by atoms with Crippen LogP contribution in [0.2, 0.25) is 0 Å². The molecule has 0 saturated heterocycles. The van der Waals surface area contributed by atoms with Gasteiger partial charge in [0.15, 0.2) is 5.78 Å². The van der Waals surface area contributed by atoms with Crippen molar-refractivity contribution in [2.24, 2.45) is 5.73 Å². The number of carbonyl (C=O) groups is 2. The lowest BCUT2D eigenvalue weighted by atomic mass is 10.1. The van der Waals surface area contributed by atoms with Crippen LogP contribution in [0.25, 0.3) is 0 Å².